The first kappa shape index (κ1) is 22.7. The largest absolute Gasteiger partial charge is 0.469 e. The van der Waals surface area contributed by atoms with Gasteiger partial charge in [0.15, 0.2) is 0 Å². The molecule has 0 saturated carbocycles. The molecule has 0 atom stereocenters. The van der Waals surface area contributed by atoms with E-state index in [2.05, 4.69) is 10.00 Å². The highest BCUT2D eigenvalue weighted by atomic mass is 16.6. The molecule has 0 spiro atoms. The summed E-state index contributed by atoms with van der Waals surface area (Å²) in [7, 11) is 1.33. The van der Waals surface area contributed by atoms with Gasteiger partial charge in [0, 0.05) is 38.1 Å². The summed E-state index contributed by atoms with van der Waals surface area (Å²) >= 11 is 0. The number of carbonyl (C=O) groups is 2. The summed E-state index contributed by atoms with van der Waals surface area (Å²) in [6, 6.07) is 7.16. The summed E-state index contributed by atoms with van der Waals surface area (Å²) in [5, 5.41) is 5.65. The number of piperazine rings is 1. The minimum atomic E-state index is -0.515. The van der Waals surface area contributed by atoms with E-state index in [9.17, 15) is 14.4 Å². The third-order valence-electron chi connectivity index (χ3n) is 5.14. The molecular weight excluding hydrogens is 400 g/mol. The van der Waals surface area contributed by atoms with Crippen LogP contribution in [-0.4, -0.2) is 77.1 Å². The van der Waals surface area contributed by atoms with Crippen molar-refractivity contribution in [2.75, 3.05) is 39.8 Å². The van der Waals surface area contributed by atoms with Crippen LogP contribution in [0.15, 0.2) is 29.1 Å². The molecule has 3 rings (SSSR count). The van der Waals surface area contributed by atoms with Crippen molar-refractivity contribution in [3.8, 4) is 0 Å². The molecule has 1 aromatic heterocycles. The van der Waals surface area contributed by atoms with E-state index in [1.54, 1.807) is 23.1 Å². The number of esters is 1. The van der Waals surface area contributed by atoms with Crippen LogP contribution in [0, 0.1) is 0 Å². The number of carbonyl (C=O) groups excluding carboxylic acids is 2. The van der Waals surface area contributed by atoms with E-state index in [1.807, 2.05) is 26.8 Å². The number of hydrogen-bond donors (Lipinski definition) is 0. The van der Waals surface area contributed by atoms with E-state index in [0.29, 0.717) is 55.7 Å². The fourth-order valence-electron chi connectivity index (χ4n) is 3.51. The summed E-state index contributed by atoms with van der Waals surface area (Å²) in [5.74, 6) is -0.402. The molecule has 1 aliphatic rings. The summed E-state index contributed by atoms with van der Waals surface area (Å²) in [6.45, 7) is 9.09. The fourth-order valence-corrected chi connectivity index (χ4v) is 3.51. The Morgan fingerprint density at radius 2 is 1.68 bits per heavy atom. The van der Waals surface area contributed by atoms with Crippen LogP contribution in [-0.2, 0) is 27.2 Å². The van der Waals surface area contributed by atoms with Crippen LogP contribution in [0.2, 0.25) is 0 Å². The molecule has 1 fully saturated rings. The minimum Gasteiger partial charge on any atom is -0.469 e. The second-order valence-corrected chi connectivity index (χ2v) is 8.58. The second kappa shape index (κ2) is 9.47. The molecule has 9 nitrogen and oxygen atoms in total. The normalized spacial score (nSPS) is 15.2. The first-order valence-electron chi connectivity index (χ1n) is 10.4. The zero-order valence-electron chi connectivity index (χ0n) is 18.6. The van der Waals surface area contributed by atoms with Crippen LogP contribution >= 0.6 is 0 Å². The SMILES string of the molecule is COC(=O)Cc1nn(CCN2CCN(C(=O)OC(C)(C)C)CC2)c(=O)c2ccccc12. The van der Waals surface area contributed by atoms with Gasteiger partial charge in [-0.15, -0.1) is 0 Å². The van der Waals surface area contributed by atoms with E-state index < -0.39 is 11.6 Å². The number of fused-ring (bicyclic) bond motifs is 1. The van der Waals surface area contributed by atoms with Gasteiger partial charge >= 0.3 is 12.1 Å². The average Bonchev–Trinajstić information content (AvgIpc) is 2.74. The monoisotopic (exact) mass is 430 g/mol. The van der Waals surface area contributed by atoms with Crippen molar-refractivity contribution in [2.24, 2.45) is 0 Å². The Labute approximate surface area is 181 Å². The number of benzene rings is 1. The molecule has 31 heavy (non-hydrogen) atoms. The molecule has 168 valence electrons. The number of amides is 1. The fraction of sp³-hybridized carbons (Fsp3) is 0.545. The van der Waals surface area contributed by atoms with Gasteiger partial charge in [-0.3, -0.25) is 14.5 Å². The molecule has 0 radical (unpaired) electrons. The molecule has 0 aliphatic carbocycles. The summed E-state index contributed by atoms with van der Waals surface area (Å²) < 4.78 is 11.6. The maximum atomic E-state index is 12.9. The molecule has 0 bridgehead atoms. The first-order chi connectivity index (χ1) is 14.7. The van der Waals surface area contributed by atoms with Gasteiger partial charge in [-0.1, -0.05) is 18.2 Å². The van der Waals surface area contributed by atoms with Gasteiger partial charge in [-0.2, -0.15) is 5.10 Å². The molecule has 1 aromatic carbocycles. The number of aromatic nitrogens is 2. The molecule has 1 amide bonds. The zero-order valence-corrected chi connectivity index (χ0v) is 18.6. The Hall–Kier alpha value is -2.94. The Bertz CT molecular complexity index is 1000. The van der Waals surface area contributed by atoms with Gasteiger partial charge in [0.05, 0.1) is 31.2 Å². The van der Waals surface area contributed by atoms with Crippen LogP contribution in [0.3, 0.4) is 0 Å². The predicted octanol–water partition coefficient (Wildman–Crippen LogP) is 1.66. The lowest BCUT2D eigenvalue weighted by atomic mass is 10.1. The third kappa shape index (κ3) is 5.81. The number of nitrogens with zero attached hydrogens (tertiary/aromatic N) is 4. The average molecular weight is 431 g/mol. The minimum absolute atomic E-state index is 0.00581. The van der Waals surface area contributed by atoms with Crippen molar-refractivity contribution in [1.29, 1.82) is 0 Å². The van der Waals surface area contributed by atoms with E-state index in [4.69, 9.17) is 9.47 Å². The molecular formula is C22H30N4O5. The summed E-state index contributed by atoms with van der Waals surface area (Å²) in [6.07, 6.45) is -0.293. The summed E-state index contributed by atoms with van der Waals surface area (Å²) in [4.78, 5) is 40.8. The van der Waals surface area contributed by atoms with Crippen LogP contribution in [0.5, 0.6) is 0 Å². The topological polar surface area (TPSA) is 94.0 Å². The van der Waals surface area contributed by atoms with Crippen LogP contribution in [0.1, 0.15) is 26.5 Å². The number of rotatable bonds is 5. The lowest BCUT2D eigenvalue weighted by Gasteiger charge is -2.35. The maximum absolute atomic E-state index is 12.9. The standard InChI is InChI=1S/C22H30N4O5/c1-22(2,3)31-21(29)25-12-9-24(10-13-25)11-14-26-20(28)17-8-6-5-7-16(17)18(23-26)15-19(27)30-4/h5-8H,9-15H2,1-4H3. The molecule has 0 N–H and O–H groups in total. The van der Waals surface area contributed by atoms with Crippen molar-refractivity contribution in [1.82, 2.24) is 19.6 Å². The van der Waals surface area contributed by atoms with Crippen molar-refractivity contribution < 1.29 is 19.1 Å². The van der Waals surface area contributed by atoms with Crippen molar-refractivity contribution in [2.45, 2.75) is 39.3 Å². The van der Waals surface area contributed by atoms with Crippen LogP contribution in [0.4, 0.5) is 4.79 Å². The van der Waals surface area contributed by atoms with Crippen LogP contribution < -0.4 is 5.56 Å². The van der Waals surface area contributed by atoms with E-state index >= 15 is 0 Å². The van der Waals surface area contributed by atoms with Gasteiger partial charge < -0.3 is 14.4 Å². The number of methoxy groups -OCH3 is 1. The van der Waals surface area contributed by atoms with Crippen molar-refractivity contribution in [3.05, 3.63) is 40.3 Å². The van der Waals surface area contributed by atoms with Gasteiger partial charge in [-0.05, 0) is 26.8 Å². The van der Waals surface area contributed by atoms with E-state index in [1.165, 1.54) is 11.8 Å². The van der Waals surface area contributed by atoms with Gasteiger partial charge in [0.2, 0.25) is 0 Å². The first-order valence-corrected chi connectivity index (χ1v) is 10.4. The Kier molecular flexibility index (Phi) is 6.94. The van der Waals surface area contributed by atoms with Gasteiger partial charge in [-0.25, -0.2) is 9.48 Å². The predicted molar refractivity (Wildman–Crippen MR) is 116 cm³/mol. The van der Waals surface area contributed by atoms with Crippen LogP contribution in [0.25, 0.3) is 10.8 Å². The second-order valence-electron chi connectivity index (χ2n) is 8.58. The number of hydrogen-bond acceptors (Lipinski definition) is 7. The van der Waals surface area contributed by atoms with Crippen molar-refractivity contribution >= 4 is 22.8 Å². The molecule has 2 heterocycles. The maximum Gasteiger partial charge on any atom is 0.410 e. The Balaban J connectivity index is 1.66. The Morgan fingerprint density at radius 1 is 1.03 bits per heavy atom. The quantitative estimate of drug-likeness (QED) is 0.666. The zero-order chi connectivity index (χ0) is 22.6. The Morgan fingerprint density at radius 3 is 2.29 bits per heavy atom. The third-order valence-corrected chi connectivity index (χ3v) is 5.14. The van der Waals surface area contributed by atoms with Gasteiger partial charge in [0.25, 0.3) is 5.56 Å². The molecule has 2 aromatic rings. The van der Waals surface area contributed by atoms with Crippen molar-refractivity contribution in [3.63, 3.8) is 0 Å². The van der Waals surface area contributed by atoms with Gasteiger partial charge in [0.1, 0.15) is 5.60 Å². The van der Waals surface area contributed by atoms with E-state index in [0.717, 1.165) is 0 Å². The molecule has 9 heteroatoms. The lowest BCUT2D eigenvalue weighted by Crippen LogP contribution is -2.50. The lowest BCUT2D eigenvalue weighted by molar-refractivity contribution is -0.139. The highest BCUT2D eigenvalue weighted by Crippen LogP contribution is 2.15. The molecule has 0 unspecified atom stereocenters. The number of ether oxygens (including phenoxy) is 2. The smallest absolute Gasteiger partial charge is 0.410 e. The van der Waals surface area contributed by atoms with E-state index in [-0.39, 0.29) is 18.1 Å². The highest BCUT2D eigenvalue weighted by Gasteiger charge is 2.26. The molecule has 1 aliphatic heterocycles. The molecule has 1 saturated heterocycles. The highest BCUT2D eigenvalue weighted by molar-refractivity contribution is 5.86. The summed E-state index contributed by atoms with van der Waals surface area (Å²) in [5.41, 5.74) is -0.174.